The molecule has 0 radical (unpaired) electrons. The number of aromatic nitrogens is 3. The normalized spacial score (nSPS) is 16.6. The van der Waals surface area contributed by atoms with Crippen molar-refractivity contribution in [1.29, 1.82) is 0 Å². The summed E-state index contributed by atoms with van der Waals surface area (Å²) in [4.78, 5) is 23.2. The maximum absolute atomic E-state index is 13.8. The highest BCUT2D eigenvalue weighted by atomic mass is 19.1. The zero-order valence-corrected chi connectivity index (χ0v) is 16.0. The van der Waals surface area contributed by atoms with E-state index in [4.69, 9.17) is 14.5 Å². The third-order valence-corrected chi connectivity index (χ3v) is 4.77. The number of morpholine rings is 1. The molecule has 150 valence electrons. The highest BCUT2D eigenvalue weighted by Crippen LogP contribution is 2.21. The molecule has 4 rings (SSSR count). The number of hydrogen-bond donors (Lipinski definition) is 0. The van der Waals surface area contributed by atoms with Crippen LogP contribution in [0.15, 0.2) is 59.7 Å². The molecule has 29 heavy (non-hydrogen) atoms. The summed E-state index contributed by atoms with van der Waals surface area (Å²) in [5.74, 6) is 0.344. The van der Waals surface area contributed by atoms with Crippen LogP contribution in [0.4, 0.5) is 10.3 Å². The van der Waals surface area contributed by atoms with E-state index in [1.165, 1.54) is 16.7 Å². The molecular formula is C21H21FN4O3. The van der Waals surface area contributed by atoms with Crippen LogP contribution >= 0.6 is 0 Å². The predicted octanol–water partition coefficient (Wildman–Crippen LogP) is 2.27. The van der Waals surface area contributed by atoms with Gasteiger partial charge in [0.2, 0.25) is 5.95 Å². The van der Waals surface area contributed by atoms with Gasteiger partial charge in [-0.05, 0) is 24.3 Å². The third kappa shape index (κ3) is 4.27. The summed E-state index contributed by atoms with van der Waals surface area (Å²) in [6.07, 6.45) is 3.06. The fourth-order valence-corrected chi connectivity index (χ4v) is 3.23. The van der Waals surface area contributed by atoms with Gasteiger partial charge in [-0.3, -0.25) is 14.3 Å². The predicted molar refractivity (Wildman–Crippen MR) is 107 cm³/mol. The number of rotatable bonds is 5. The smallest absolute Gasteiger partial charge is 0.255 e. The van der Waals surface area contributed by atoms with Gasteiger partial charge in [-0.15, -0.1) is 0 Å². The van der Waals surface area contributed by atoms with E-state index in [0.29, 0.717) is 31.3 Å². The summed E-state index contributed by atoms with van der Waals surface area (Å²) < 4.78 is 26.6. The first kappa shape index (κ1) is 19.1. The third-order valence-electron chi connectivity index (χ3n) is 4.77. The van der Waals surface area contributed by atoms with Crippen LogP contribution in [0.3, 0.4) is 0 Å². The lowest BCUT2D eigenvalue weighted by Crippen LogP contribution is -2.47. The van der Waals surface area contributed by atoms with Gasteiger partial charge >= 0.3 is 0 Å². The lowest BCUT2D eigenvalue weighted by atomic mass is 10.2. The molecule has 7 nitrogen and oxygen atoms in total. The fourth-order valence-electron chi connectivity index (χ4n) is 3.23. The van der Waals surface area contributed by atoms with Crippen molar-refractivity contribution in [3.63, 3.8) is 0 Å². The fraction of sp³-hybridized carbons (Fsp3) is 0.286. The Morgan fingerprint density at radius 2 is 2.03 bits per heavy atom. The maximum atomic E-state index is 13.8. The molecule has 3 aromatic rings. The highest BCUT2D eigenvalue weighted by molar-refractivity contribution is 5.59. The Bertz CT molecular complexity index is 1040. The molecule has 0 bridgehead atoms. The van der Waals surface area contributed by atoms with Crippen molar-refractivity contribution in [3.8, 4) is 17.0 Å². The molecular weight excluding hydrogens is 375 g/mol. The molecule has 1 unspecified atom stereocenters. The van der Waals surface area contributed by atoms with Gasteiger partial charge in [-0.25, -0.2) is 9.37 Å². The molecule has 0 N–H and O–H groups in total. The molecule has 1 fully saturated rings. The van der Waals surface area contributed by atoms with Crippen molar-refractivity contribution in [2.75, 3.05) is 31.2 Å². The summed E-state index contributed by atoms with van der Waals surface area (Å²) in [6.45, 7) is 1.74. The van der Waals surface area contributed by atoms with E-state index in [2.05, 4.69) is 4.98 Å². The molecule has 2 aromatic heterocycles. The Labute approximate surface area is 167 Å². The van der Waals surface area contributed by atoms with Gasteiger partial charge in [0.25, 0.3) is 5.56 Å². The molecule has 0 amide bonds. The van der Waals surface area contributed by atoms with Crippen LogP contribution in [0, 0.1) is 5.82 Å². The van der Waals surface area contributed by atoms with Gasteiger partial charge < -0.3 is 14.4 Å². The van der Waals surface area contributed by atoms with Crippen molar-refractivity contribution in [3.05, 3.63) is 71.0 Å². The van der Waals surface area contributed by atoms with E-state index in [-0.39, 0.29) is 24.0 Å². The molecule has 8 heteroatoms. The summed E-state index contributed by atoms with van der Waals surface area (Å²) in [5.41, 5.74) is 1.27. The minimum absolute atomic E-state index is 0.146. The van der Waals surface area contributed by atoms with E-state index in [1.807, 2.05) is 17.0 Å². The molecule has 1 aromatic carbocycles. The standard InChI is InChI=1S/C21H21FN4O3/c1-25-20(27)12-18(15-6-8-23-9-7-15)24-21(25)26-10-11-28-16(13-26)14-29-19-5-3-2-4-17(19)22/h2-9,12,16H,10-11,13-14H2,1H3. The number of ether oxygens (including phenoxy) is 2. The van der Waals surface area contributed by atoms with E-state index >= 15 is 0 Å². The van der Waals surface area contributed by atoms with Gasteiger partial charge in [-0.1, -0.05) is 12.1 Å². The second kappa shape index (κ2) is 8.40. The number of nitrogens with zero attached hydrogens (tertiary/aromatic N) is 4. The number of hydrogen-bond acceptors (Lipinski definition) is 6. The van der Waals surface area contributed by atoms with Crippen LogP contribution < -0.4 is 15.2 Å². The summed E-state index contributed by atoms with van der Waals surface area (Å²) >= 11 is 0. The number of pyridine rings is 1. The van der Waals surface area contributed by atoms with Gasteiger partial charge in [0.05, 0.1) is 18.8 Å². The zero-order chi connectivity index (χ0) is 20.2. The lowest BCUT2D eigenvalue weighted by Gasteiger charge is -2.34. The minimum Gasteiger partial charge on any atom is -0.488 e. The first-order valence-electron chi connectivity index (χ1n) is 9.34. The van der Waals surface area contributed by atoms with Crippen LogP contribution in [0.1, 0.15) is 0 Å². The minimum atomic E-state index is -0.408. The second-order valence-corrected chi connectivity index (χ2v) is 6.75. The average Bonchev–Trinajstić information content (AvgIpc) is 2.76. The summed E-state index contributed by atoms with van der Waals surface area (Å²) in [5, 5.41) is 0. The van der Waals surface area contributed by atoms with Crippen LogP contribution in [-0.4, -0.2) is 46.9 Å². The van der Waals surface area contributed by atoms with Crippen LogP contribution in [0.2, 0.25) is 0 Å². The van der Waals surface area contributed by atoms with E-state index in [9.17, 15) is 9.18 Å². The van der Waals surface area contributed by atoms with Crippen molar-refractivity contribution >= 4 is 5.95 Å². The summed E-state index contributed by atoms with van der Waals surface area (Å²) in [7, 11) is 1.70. The Hall–Kier alpha value is -3.26. The average molecular weight is 396 g/mol. The molecule has 0 saturated carbocycles. The zero-order valence-electron chi connectivity index (χ0n) is 16.0. The van der Waals surface area contributed by atoms with E-state index in [1.54, 1.807) is 37.6 Å². The Balaban J connectivity index is 1.53. The quantitative estimate of drug-likeness (QED) is 0.659. The van der Waals surface area contributed by atoms with E-state index in [0.717, 1.165) is 5.56 Å². The molecule has 1 atom stereocenters. The number of anilines is 1. The topological polar surface area (TPSA) is 69.5 Å². The first-order chi connectivity index (χ1) is 14.1. The molecule has 1 saturated heterocycles. The maximum Gasteiger partial charge on any atom is 0.255 e. The Morgan fingerprint density at radius 1 is 1.24 bits per heavy atom. The van der Waals surface area contributed by atoms with Crippen molar-refractivity contribution in [2.24, 2.45) is 7.05 Å². The number of para-hydroxylation sites is 1. The molecule has 1 aliphatic rings. The van der Waals surface area contributed by atoms with Gasteiger partial charge in [0.15, 0.2) is 11.6 Å². The van der Waals surface area contributed by atoms with Crippen molar-refractivity contribution in [2.45, 2.75) is 6.10 Å². The first-order valence-corrected chi connectivity index (χ1v) is 9.34. The summed E-state index contributed by atoms with van der Waals surface area (Å²) in [6, 6.07) is 11.4. The largest absolute Gasteiger partial charge is 0.488 e. The van der Waals surface area contributed by atoms with Gasteiger partial charge in [0, 0.05) is 37.6 Å². The second-order valence-electron chi connectivity index (χ2n) is 6.75. The molecule has 0 aliphatic carbocycles. The molecule has 0 spiro atoms. The Morgan fingerprint density at radius 3 is 2.83 bits per heavy atom. The van der Waals surface area contributed by atoms with Gasteiger partial charge in [-0.2, -0.15) is 0 Å². The number of benzene rings is 1. The Kier molecular flexibility index (Phi) is 5.53. The van der Waals surface area contributed by atoms with E-state index < -0.39 is 5.82 Å². The SMILES string of the molecule is Cn1c(N2CCOC(COc3ccccc3F)C2)nc(-c2ccncc2)cc1=O. The van der Waals surface area contributed by atoms with Crippen molar-refractivity contribution < 1.29 is 13.9 Å². The monoisotopic (exact) mass is 396 g/mol. The molecule has 3 heterocycles. The highest BCUT2D eigenvalue weighted by Gasteiger charge is 2.25. The van der Waals surface area contributed by atoms with Crippen LogP contribution in [0.25, 0.3) is 11.3 Å². The van der Waals surface area contributed by atoms with Crippen molar-refractivity contribution in [1.82, 2.24) is 14.5 Å². The van der Waals surface area contributed by atoms with Gasteiger partial charge in [0.1, 0.15) is 12.7 Å². The van der Waals surface area contributed by atoms with Crippen LogP contribution in [0.5, 0.6) is 5.75 Å². The number of halogens is 1. The molecule has 1 aliphatic heterocycles. The van der Waals surface area contributed by atoms with Crippen LogP contribution in [-0.2, 0) is 11.8 Å². The lowest BCUT2D eigenvalue weighted by molar-refractivity contribution is 0.00882.